The number of aliphatic hydroxyl groups is 1. The minimum absolute atomic E-state index is 0. The molecule has 37 nitrogen and oxygen atoms in total. The van der Waals surface area contributed by atoms with Crippen LogP contribution < -0.4 is 42.0 Å². The summed E-state index contributed by atoms with van der Waals surface area (Å²) >= 11 is 0. The number of nitrogens with zero attached hydrogens (tertiary/aromatic N) is 16. The van der Waals surface area contributed by atoms with Crippen LogP contribution in [0.1, 0.15) is 100 Å². The molecule has 0 aliphatic carbocycles. The SMILES string of the molecule is C.CC(C)(C)OC(=O)Nc1ncnc2ccc(-c3cc(F)cc(NS(=O)(=O)N4CCCC4)c3)nc12.CC(C)(C)OC(=O)Nc1ncnc2ccc(-c3cc(N)cc(F)c3)nc12.CO.Cl.Nc1ncnc2ccc(-c3cc(F)cc(NS(=O)(=O)N4CCCC4)c3)nc12.Nc1ncnc2ccc(-c3cc(F)cc(NS(=O)(=O)N4CCCC4)c3)nc12.O=S(=O)(Cl)N1CCCC1. The van der Waals surface area contributed by atoms with E-state index < -0.39 is 86.5 Å². The number of anilines is 8. The molecule has 12 heterocycles. The molecule has 4 saturated heterocycles. The standard InChI is InChI=1S/C22H25FN6O4S.C18H18FN5O2.2C17H17FN6O2S.C4H8ClNO2S.CH4O.CH4.ClH/c1-22(2,3)33-21(30)27-20-19-18(24-13-25-20)7-6-17(26-19)14-10-15(23)12-16(11-14)28-34(31,32)29-8-4-5-9-29;1-18(2,3)26-17(25)24-16-15-14(21-9-22-16)5-4-13(23-15)10-6-11(19)8-12(20)7-10;2*18-12-7-11(14-3-4-15-16(22-14)17(19)21-10-20-15)8-13(9-12)23-27(25,26)24-5-1-2-6-24;5-9(7,8)6-3-1-2-4-6;1-2;;/h6-7,10-13,28H,4-5,8-9H2,1-3H3,(H,24,25,27,30);4-9H,20H2,1-3H3,(H,21,22,24,25);2*3-4,7-10,23H,1-2,5-6H2,(H2,19,20,21);1-4H2;2H,1H3;1H4;1H. The lowest BCUT2D eigenvalue weighted by atomic mass is 10.1. The zero-order chi connectivity index (χ0) is 90.3. The van der Waals surface area contributed by atoms with Gasteiger partial charge < -0.3 is 31.8 Å². The molecule has 678 valence electrons. The van der Waals surface area contributed by atoms with E-state index in [2.05, 4.69) is 84.6 Å². The van der Waals surface area contributed by atoms with Gasteiger partial charge in [-0.1, -0.05) is 7.43 Å². The number of benzene rings is 4. The van der Waals surface area contributed by atoms with Crippen molar-refractivity contribution in [2.24, 2.45) is 0 Å². The Morgan fingerprint density at radius 1 is 0.386 bits per heavy atom. The summed E-state index contributed by atoms with van der Waals surface area (Å²) in [5.41, 5.74) is 23.6. The van der Waals surface area contributed by atoms with E-state index in [0.717, 1.165) is 76.7 Å². The predicted octanol–water partition coefficient (Wildman–Crippen LogP) is 13.3. The number of rotatable bonds is 16. The Hall–Kier alpha value is -11.9. The molecule has 0 unspecified atom stereocenters. The molecule has 4 aliphatic heterocycles. The van der Waals surface area contributed by atoms with Crippen molar-refractivity contribution in [3.63, 3.8) is 0 Å². The average Bonchev–Trinajstić information content (AvgIpc) is 1.37. The van der Waals surface area contributed by atoms with Crippen molar-refractivity contribution in [2.75, 3.05) is 101 Å². The number of hydrogen-bond acceptors (Lipinski definition) is 28. The highest BCUT2D eigenvalue weighted by Crippen LogP contribution is 2.34. The molecular formula is C80H94Cl2F4N24O13S4. The highest BCUT2D eigenvalue weighted by Gasteiger charge is 2.30. The second-order valence-electron chi connectivity index (χ2n) is 30.1. The molecule has 16 rings (SSSR count). The topological polar surface area (TPSA) is 515 Å². The van der Waals surface area contributed by atoms with Gasteiger partial charge in [-0.3, -0.25) is 24.8 Å². The molecule has 4 fully saturated rings. The van der Waals surface area contributed by atoms with Gasteiger partial charge in [-0.25, -0.2) is 87.0 Å². The first kappa shape index (κ1) is 98.9. The van der Waals surface area contributed by atoms with Crippen LogP contribution in [-0.2, 0) is 49.3 Å². The summed E-state index contributed by atoms with van der Waals surface area (Å²) in [6, 6.07) is 29.3. The van der Waals surface area contributed by atoms with Gasteiger partial charge in [-0.05, 0) is 214 Å². The van der Waals surface area contributed by atoms with Crippen molar-refractivity contribution >= 4 is 165 Å². The van der Waals surface area contributed by atoms with E-state index in [0.29, 0.717) is 142 Å². The van der Waals surface area contributed by atoms with Gasteiger partial charge in [-0.15, -0.1) is 12.4 Å². The Kier molecular flexibility index (Phi) is 33.2. The maximum Gasteiger partial charge on any atom is 0.413 e. The monoisotopic (exact) mass is 1870 g/mol. The Balaban J connectivity index is 0.000000184. The summed E-state index contributed by atoms with van der Waals surface area (Å²) in [6.45, 7) is 14.4. The smallest absolute Gasteiger partial charge is 0.413 e. The molecule has 0 bridgehead atoms. The number of aromatic nitrogens is 12. The van der Waals surface area contributed by atoms with Crippen LogP contribution in [0.15, 0.2) is 147 Å². The van der Waals surface area contributed by atoms with Crippen LogP contribution in [0.4, 0.5) is 73.2 Å². The predicted molar refractivity (Wildman–Crippen MR) is 482 cm³/mol. The highest BCUT2D eigenvalue weighted by molar-refractivity contribution is 8.11. The summed E-state index contributed by atoms with van der Waals surface area (Å²) in [6.07, 6.45) is 10.6. The molecule has 0 radical (unpaired) electrons. The first-order valence-electron chi connectivity index (χ1n) is 38.6. The summed E-state index contributed by atoms with van der Waals surface area (Å²) in [4.78, 5) is 74.4. The molecule has 12 aromatic rings. The number of halogens is 6. The first-order chi connectivity index (χ1) is 59.2. The maximum absolute atomic E-state index is 14.4. The first-order valence-corrected chi connectivity index (χ1v) is 45.2. The third kappa shape index (κ3) is 27.3. The second kappa shape index (κ2) is 42.6. The summed E-state index contributed by atoms with van der Waals surface area (Å²) in [5, 5.41) is 12.1. The van der Waals surface area contributed by atoms with Crippen molar-refractivity contribution in [2.45, 2.75) is 112 Å². The van der Waals surface area contributed by atoms with E-state index in [1.807, 2.05) is 0 Å². The molecule has 2 amide bonds. The molecule has 0 saturated carbocycles. The number of aliphatic hydroxyl groups excluding tert-OH is 1. The van der Waals surface area contributed by atoms with Crippen molar-refractivity contribution in [3.05, 3.63) is 170 Å². The third-order valence-corrected chi connectivity index (χ3v) is 24.5. The number of pyridine rings is 4. The number of nitrogens with two attached hydrogens (primary N) is 3. The average molecular weight is 1870 g/mol. The Bertz CT molecular complexity index is 6250. The summed E-state index contributed by atoms with van der Waals surface area (Å²) in [5.74, 6) is -1.48. The van der Waals surface area contributed by atoms with Gasteiger partial charge in [-0.2, -0.15) is 50.9 Å². The van der Waals surface area contributed by atoms with Crippen molar-refractivity contribution in [1.82, 2.24) is 77.0 Å². The molecule has 127 heavy (non-hydrogen) atoms. The molecule has 4 aromatic carbocycles. The normalized spacial score (nSPS) is 14.5. The summed E-state index contributed by atoms with van der Waals surface area (Å²) < 4.78 is 175. The van der Waals surface area contributed by atoms with Gasteiger partial charge in [0.05, 0.1) is 61.9 Å². The highest BCUT2D eigenvalue weighted by atomic mass is 35.7. The summed E-state index contributed by atoms with van der Waals surface area (Å²) in [7, 11) is -8.57. The van der Waals surface area contributed by atoms with Gasteiger partial charge in [0.1, 0.15) is 81.8 Å². The van der Waals surface area contributed by atoms with Gasteiger partial charge >= 0.3 is 42.8 Å². The number of nitrogens with one attached hydrogen (secondary N) is 5. The molecule has 0 spiro atoms. The van der Waals surface area contributed by atoms with E-state index in [9.17, 15) is 60.8 Å². The zero-order valence-electron chi connectivity index (χ0n) is 68.8. The molecule has 0 atom stereocenters. The molecule has 12 N–H and O–H groups in total. The van der Waals surface area contributed by atoms with Crippen LogP contribution in [0, 0.1) is 23.3 Å². The van der Waals surface area contributed by atoms with E-state index in [-0.39, 0.29) is 65.7 Å². The number of nitrogen functional groups attached to an aromatic ring is 3. The lowest BCUT2D eigenvalue weighted by Crippen LogP contribution is -2.33. The zero-order valence-corrected chi connectivity index (χ0v) is 73.7. The Labute approximate surface area is 741 Å². The lowest BCUT2D eigenvalue weighted by molar-refractivity contribution is 0.0624. The number of amides is 2. The van der Waals surface area contributed by atoms with Crippen LogP contribution in [0.3, 0.4) is 0 Å². The van der Waals surface area contributed by atoms with Crippen LogP contribution in [0.25, 0.3) is 89.2 Å². The van der Waals surface area contributed by atoms with Gasteiger partial charge in [0.2, 0.25) is 0 Å². The fourth-order valence-corrected chi connectivity index (χ4v) is 17.9. The van der Waals surface area contributed by atoms with Gasteiger partial charge in [0, 0.05) is 98.1 Å². The minimum atomic E-state index is -3.78. The van der Waals surface area contributed by atoms with Crippen molar-refractivity contribution in [3.8, 4) is 45.0 Å². The number of carbonyl (C=O) groups excluding carboxylic acids is 2. The number of ether oxygens (including phenoxy) is 2. The van der Waals surface area contributed by atoms with Crippen molar-refractivity contribution < 1.29 is 75.4 Å². The third-order valence-electron chi connectivity index (χ3n) is 18.3. The quantitative estimate of drug-likeness (QED) is 0.0246. The number of fused-ring (bicyclic) bond motifs is 4. The lowest BCUT2D eigenvalue weighted by Gasteiger charge is -2.19. The second-order valence-corrected chi connectivity index (χ2v) is 37.6. The van der Waals surface area contributed by atoms with Crippen LogP contribution >= 0.6 is 23.1 Å². The Morgan fingerprint density at radius 3 is 0.921 bits per heavy atom. The molecule has 47 heteroatoms. The van der Waals surface area contributed by atoms with Crippen LogP contribution in [0.2, 0.25) is 0 Å². The van der Waals surface area contributed by atoms with E-state index in [1.165, 1.54) is 91.1 Å². The van der Waals surface area contributed by atoms with Gasteiger partial charge in [0.15, 0.2) is 23.3 Å². The van der Waals surface area contributed by atoms with Gasteiger partial charge in [0.25, 0.3) is 9.24 Å². The number of carbonyl (C=O) groups is 2. The molecular weight excluding hydrogens is 1780 g/mol. The van der Waals surface area contributed by atoms with E-state index in [1.54, 1.807) is 96.1 Å². The minimum Gasteiger partial charge on any atom is -0.444 e. The van der Waals surface area contributed by atoms with E-state index >= 15 is 0 Å². The van der Waals surface area contributed by atoms with Crippen LogP contribution in [-0.4, -0.2) is 199 Å². The number of hydrogen-bond donors (Lipinski definition) is 9. The Morgan fingerprint density at radius 2 is 0.646 bits per heavy atom. The van der Waals surface area contributed by atoms with Crippen molar-refractivity contribution in [1.29, 1.82) is 0 Å². The molecule has 8 aromatic heterocycles. The van der Waals surface area contributed by atoms with Crippen LogP contribution in [0.5, 0.6) is 0 Å². The fraction of sp³-hybridized carbons (Fsp3) is 0.325. The maximum atomic E-state index is 14.4. The fourth-order valence-electron chi connectivity index (χ4n) is 12.9. The molecule has 4 aliphatic rings. The largest absolute Gasteiger partial charge is 0.444 e. The van der Waals surface area contributed by atoms with E-state index in [4.69, 9.17) is 42.5 Å².